The van der Waals surface area contributed by atoms with E-state index in [1.54, 1.807) is 32.9 Å². The van der Waals surface area contributed by atoms with Crippen LogP contribution in [-0.4, -0.2) is 55.8 Å². The van der Waals surface area contributed by atoms with Gasteiger partial charge in [0.15, 0.2) is 0 Å². The lowest BCUT2D eigenvalue weighted by Gasteiger charge is -2.35. The van der Waals surface area contributed by atoms with Crippen molar-refractivity contribution < 1.29 is 13.2 Å². The van der Waals surface area contributed by atoms with E-state index in [2.05, 4.69) is 21.8 Å². The van der Waals surface area contributed by atoms with E-state index < -0.39 is 15.6 Å². The fourth-order valence-corrected chi connectivity index (χ4v) is 5.03. The minimum Gasteiger partial charge on any atom is -0.336 e. The van der Waals surface area contributed by atoms with Crippen LogP contribution in [0.15, 0.2) is 53.4 Å². The molecular weight excluding hydrogens is 398 g/mol. The molecule has 6 nitrogen and oxygen atoms in total. The van der Waals surface area contributed by atoms with Crippen molar-refractivity contribution in [3.63, 3.8) is 0 Å². The molecule has 1 heterocycles. The predicted octanol–water partition coefficient (Wildman–Crippen LogP) is 3.03. The Morgan fingerprint density at radius 1 is 1.00 bits per heavy atom. The van der Waals surface area contributed by atoms with Crippen LogP contribution < -0.4 is 4.72 Å². The number of sulfonamides is 1. The number of nitrogens with zero attached hydrogens (tertiary/aromatic N) is 2. The molecule has 1 fully saturated rings. The fraction of sp³-hybridized carbons (Fsp3) is 0.435. The molecule has 2 aromatic rings. The van der Waals surface area contributed by atoms with Gasteiger partial charge in [-0.15, -0.1) is 0 Å². The highest BCUT2D eigenvalue weighted by Crippen LogP contribution is 2.20. The van der Waals surface area contributed by atoms with Crippen molar-refractivity contribution in [2.45, 2.75) is 44.7 Å². The van der Waals surface area contributed by atoms with Crippen LogP contribution in [0.25, 0.3) is 0 Å². The number of aryl methyl sites for hydroxylation is 1. The molecule has 1 amide bonds. The average molecular weight is 430 g/mol. The number of nitrogens with one attached hydrogen (secondary N) is 1. The van der Waals surface area contributed by atoms with Crippen molar-refractivity contribution in [3.05, 3.63) is 65.2 Å². The summed E-state index contributed by atoms with van der Waals surface area (Å²) in [5, 5.41) is 0. The second kappa shape index (κ2) is 8.88. The topological polar surface area (TPSA) is 69.7 Å². The highest BCUT2D eigenvalue weighted by atomic mass is 32.2. The van der Waals surface area contributed by atoms with Crippen LogP contribution in [0.1, 0.15) is 42.3 Å². The third-order valence-corrected chi connectivity index (χ3v) is 6.85. The average Bonchev–Trinajstić information content (AvgIpc) is 2.67. The van der Waals surface area contributed by atoms with Gasteiger partial charge in [0.25, 0.3) is 5.91 Å². The summed E-state index contributed by atoms with van der Waals surface area (Å²) < 4.78 is 28.0. The molecular formula is C23H31N3O3S. The van der Waals surface area contributed by atoms with Gasteiger partial charge in [0.2, 0.25) is 10.0 Å². The van der Waals surface area contributed by atoms with Crippen LogP contribution in [0, 0.1) is 6.92 Å². The first-order valence-corrected chi connectivity index (χ1v) is 11.7. The van der Waals surface area contributed by atoms with Crippen LogP contribution in [0.2, 0.25) is 0 Å². The molecule has 1 saturated heterocycles. The molecule has 2 aromatic carbocycles. The summed E-state index contributed by atoms with van der Waals surface area (Å²) in [5.41, 5.74) is 1.89. The zero-order chi connectivity index (χ0) is 21.9. The molecule has 0 aliphatic carbocycles. The number of carbonyl (C=O) groups is 1. The van der Waals surface area contributed by atoms with E-state index in [-0.39, 0.29) is 10.8 Å². The maximum atomic E-state index is 13.1. The van der Waals surface area contributed by atoms with Gasteiger partial charge in [0, 0.05) is 43.8 Å². The van der Waals surface area contributed by atoms with E-state index in [0.717, 1.165) is 25.2 Å². The first-order valence-electron chi connectivity index (χ1n) is 10.3. The molecule has 0 spiro atoms. The molecule has 1 N–H and O–H groups in total. The number of amides is 1. The summed E-state index contributed by atoms with van der Waals surface area (Å²) in [6.07, 6.45) is 0. The molecule has 0 radical (unpaired) electrons. The van der Waals surface area contributed by atoms with E-state index in [0.29, 0.717) is 18.7 Å². The molecule has 0 unspecified atom stereocenters. The van der Waals surface area contributed by atoms with Gasteiger partial charge in [-0.25, -0.2) is 13.1 Å². The van der Waals surface area contributed by atoms with Gasteiger partial charge < -0.3 is 4.90 Å². The van der Waals surface area contributed by atoms with Gasteiger partial charge in [0.1, 0.15) is 0 Å². The summed E-state index contributed by atoms with van der Waals surface area (Å²) in [6, 6.07) is 15.1. The van der Waals surface area contributed by atoms with Crippen molar-refractivity contribution in [3.8, 4) is 0 Å². The Bertz CT molecular complexity index is 990. The van der Waals surface area contributed by atoms with Gasteiger partial charge in [-0.05, 0) is 51.0 Å². The number of benzene rings is 2. The third-order valence-electron chi connectivity index (χ3n) is 5.10. The van der Waals surface area contributed by atoms with Crippen LogP contribution in [0.4, 0.5) is 0 Å². The molecule has 1 aliphatic heterocycles. The summed E-state index contributed by atoms with van der Waals surface area (Å²) in [7, 11) is -3.69. The molecule has 0 saturated carbocycles. The first kappa shape index (κ1) is 22.5. The molecule has 162 valence electrons. The third kappa shape index (κ3) is 5.68. The molecule has 30 heavy (non-hydrogen) atoms. The standard InChI is InChI=1S/C23H31N3O3S/c1-18-10-11-20(30(28,29)24-23(2,3)4)16-21(18)22(27)26-14-12-25(13-15-26)17-19-8-6-5-7-9-19/h5-11,16,24H,12-15,17H2,1-4H3. The normalized spacial score (nSPS) is 15.9. The smallest absolute Gasteiger partial charge is 0.254 e. The zero-order valence-corrected chi connectivity index (χ0v) is 19.0. The van der Waals surface area contributed by atoms with Gasteiger partial charge in [-0.3, -0.25) is 9.69 Å². The Morgan fingerprint density at radius 2 is 1.63 bits per heavy atom. The second-order valence-corrected chi connectivity index (χ2v) is 10.6. The number of carbonyl (C=O) groups excluding carboxylic acids is 1. The minimum absolute atomic E-state index is 0.111. The number of hydrogen-bond acceptors (Lipinski definition) is 4. The zero-order valence-electron chi connectivity index (χ0n) is 18.2. The Morgan fingerprint density at radius 3 is 2.23 bits per heavy atom. The van der Waals surface area contributed by atoms with Gasteiger partial charge in [0.05, 0.1) is 4.90 Å². The van der Waals surface area contributed by atoms with E-state index in [1.807, 2.05) is 30.0 Å². The van der Waals surface area contributed by atoms with Crippen molar-refractivity contribution in [1.29, 1.82) is 0 Å². The van der Waals surface area contributed by atoms with Crippen molar-refractivity contribution in [2.75, 3.05) is 26.2 Å². The first-order chi connectivity index (χ1) is 14.0. The quantitative estimate of drug-likeness (QED) is 0.793. The highest BCUT2D eigenvalue weighted by Gasteiger charge is 2.26. The lowest BCUT2D eigenvalue weighted by Crippen LogP contribution is -2.48. The monoisotopic (exact) mass is 429 g/mol. The Kier molecular flexibility index (Phi) is 6.65. The highest BCUT2D eigenvalue weighted by molar-refractivity contribution is 7.89. The Labute approximate surface area is 179 Å². The maximum Gasteiger partial charge on any atom is 0.254 e. The summed E-state index contributed by atoms with van der Waals surface area (Å²) in [4.78, 5) is 17.4. The molecule has 3 rings (SSSR count). The van der Waals surface area contributed by atoms with Crippen molar-refractivity contribution in [2.24, 2.45) is 0 Å². The fourth-order valence-electron chi connectivity index (χ4n) is 3.58. The Balaban J connectivity index is 1.70. The number of hydrogen-bond donors (Lipinski definition) is 1. The number of rotatable bonds is 5. The van der Waals surface area contributed by atoms with Crippen LogP contribution >= 0.6 is 0 Å². The molecule has 0 atom stereocenters. The molecule has 0 bridgehead atoms. The summed E-state index contributed by atoms with van der Waals surface area (Å²) in [5.74, 6) is -0.111. The number of piperazine rings is 1. The van der Waals surface area contributed by atoms with Crippen LogP contribution in [0.3, 0.4) is 0 Å². The molecule has 0 aromatic heterocycles. The van der Waals surface area contributed by atoms with E-state index >= 15 is 0 Å². The molecule has 7 heteroatoms. The lowest BCUT2D eigenvalue weighted by atomic mass is 10.1. The minimum atomic E-state index is -3.69. The Hall–Kier alpha value is -2.22. The lowest BCUT2D eigenvalue weighted by molar-refractivity contribution is 0.0627. The summed E-state index contributed by atoms with van der Waals surface area (Å²) in [6.45, 7) is 10.9. The molecule has 1 aliphatic rings. The van der Waals surface area contributed by atoms with Gasteiger partial charge in [-0.2, -0.15) is 0 Å². The van der Waals surface area contributed by atoms with E-state index in [4.69, 9.17) is 0 Å². The largest absolute Gasteiger partial charge is 0.336 e. The predicted molar refractivity (Wildman–Crippen MR) is 119 cm³/mol. The van der Waals surface area contributed by atoms with Gasteiger partial charge >= 0.3 is 0 Å². The summed E-state index contributed by atoms with van der Waals surface area (Å²) >= 11 is 0. The van der Waals surface area contributed by atoms with Crippen molar-refractivity contribution in [1.82, 2.24) is 14.5 Å². The van der Waals surface area contributed by atoms with E-state index in [1.165, 1.54) is 11.6 Å². The van der Waals surface area contributed by atoms with Crippen molar-refractivity contribution >= 4 is 15.9 Å². The SMILES string of the molecule is Cc1ccc(S(=O)(=O)NC(C)(C)C)cc1C(=O)N1CCN(Cc2ccccc2)CC1. The maximum absolute atomic E-state index is 13.1. The van der Waals surface area contributed by atoms with Crippen LogP contribution in [-0.2, 0) is 16.6 Å². The second-order valence-electron chi connectivity index (χ2n) is 8.89. The van der Waals surface area contributed by atoms with Crippen LogP contribution in [0.5, 0.6) is 0 Å². The van der Waals surface area contributed by atoms with Gasteiger partial charge in [-0.1, -0.05) is 36.4 Å². The van der Waals surface area contributed by atoms with E-state index in [9.17, 15) is 13.2 Å².